The number of methoxy groups -OCH3 is 1. The minimum atomic E-state index is -0.379. The van der Waals surface area contributed by atoms with E-state index >= 15 is 0 Å². The quantitative estimate of drug-likeness (QED) is 0.658. The number of ether oxygens (including phenoxy) is 1. The molecule has 0 radical (unpaired) electrons. The molecule has 0 aliphatic heterocycles. The second-order valence-electron chi connectivity index (χ2n) is 4.75. The first-order valence-corrected chi connectivity index (χ1v) is 7.88. The number of rotatable bonds is 3. The molecular formula is C17H11ClN2O2S. The summed E-state index contributed by atoms with van der Waals surface area (Å²) in [6.45, 7) is 0. The van der Waals surface area contributed by atoms with Crippen LogP contribution in [-0.2, 0) is 4.74 Å². The standard InChI is InChI=1S/C17H11ClN2O2S/c1-22-17(21)11-2-4-13(5-3-11)20-9-12(8-19)14(10-20)15-6-7-16(18)23-15/h2-7,9-10H,1H3. The van der Waals surface area contributed by atoms with E-state index in [1.807, 2.05) is 22.9 Å². The van der Waals surface area contributed by atoms with Gasteiger partial charge >= 0.3 is 5.97 Å². The summed E-state index contributed by atoms with van der Waals surface area (Å²) in [4.78, 5) is 12.4. The van der Waals surface area contributed by atoms with Crippen LogP contribution in [0.5, 0.6) is 0 Å². The number of hydrogen-bond donors (Lipinski definition) is 0. The van der Waals surface area contributed by atoms with Gasteiger partial charge in [0, 0.05) is 28.5 Å². The van der Waals surface area contributed by atoms with Gasteiger partial charge in [-0.1, -0.05) is 11.6 Å². The summed E-state index contributed by atoms with van der Waals surface area (Å²) in [5.74, 6) is -0.379. The number of nitrogens with zero attached hydrogens (tertiary/aromatic N) is 2. The van der Waals surface area contributed by atoms with Gasteiger partial charge < -0.3 is 9.30 Å². The maximum Gasteiger partial charge on any atom is 0.337 e. The molecule has 0 atom stereocenters. The molecule has 0 unspecified atom stereocenters. The fraction of sp³-hybridized carbons (Fsp3) is 0.0588. The van der Waals surface area contributed by atoms with Gasteiger partial charge in [-0.3, -0.25) is 0 Å². The normalized spacial score (nSPS) is 10.3. The van der Waals surface area contributed by atoms with Crippen molar-refractivity contribution in [3.63, 3.8) is 0 Å². The van der Waals surface area contributed by atoms with Crippen LogP contribution in [0, 0.1) is 11.3 Å². The third-order valence-corrected chi connectivity index (χ3v) is 4.64. The lowest BCUT2D eigenvalue weighted by atomic mass is 10.2. The number of hydrogen-bond acceptors (Lipinski definition) is 4. The highest BCUT2D eigenvalue weighted by Gasteiger charge is 2.12. The average Bonchev–Trinajstić information content (AvgIpc) is 3.20. The third kappa shape index (κ3) is 3.00. The van der Waals surface area contributed by atoms with Crippen LogP contribution in [0.3, 0.4) is 0 Å². The Kier molecular flexibility index (Phi) is 4.20. The van der Waals surface area contributed by atoms with Gasteiger partial charge in [0.05, 0.1) is 22.6 Å². The van der Waals surface area contributed by atoms with Crippen LogP contribution in [0.25, 0.3) is 16.1 Å². The first-order chi connectivity index (χ1) is 11.1. The van der Waals surface area contributed by atoms with Crippen LogP contribution >= 0.6 is 22.9 Å². The number of carbonyl (C=O) groups is 1. The van der Waals surface area contributed by atoms with Gasteiger partial charge in [0.1, 0.15) is 6.07 Å². The van der Waals surface area contributed by atoms with Crippen LogP contribution in [-0.4, -0.2) is 17.6 Å². The fourth-order valence-corrected chi connectivity index (χ4v) is 3.30. The van der Waals surface area contributed by atoms with E-state index in [-0.39, 0.29) is 5.97 Å². The Bertz CT molecular complexity index is 904. The average molecular weight is 343 g/mol. The highest BCUT2D eigenvalue weighted by atomic mass is 35.5. The number of halogens is 1. The molecule has 0 fully saturated rings. The molecule has 0 saturated heterocycles. The van der Waals surface area contributed by atoms with Gasteiger partial charge in [-0.25, -0.2) is 4.79 Å². The van der Waals surface area contributed by atoms with Crippen LogP contribution in [0.15, 0.2) is 48.8 Å². The van der Waals surface area contributed by atoms with Crippen LogP contribution in [0.2, 0.25) is 4.34 Å². The van der Waals surface area contributed by atoms with Crippen molar-refractivity contribution in [1.82, 2.24) is 4.57 Å². The Morgan fingerprint density at radius 3 is 2.52 bits per heavy atom. The predicted molar refractivity (Wildman–Crippen MR) is 90.1 cm³/mol. The van der Waals surface area contributed by atoms with Crippen LogP contribution in [0.1, 0.15) is 15.9 Å². The molecule has 0 spiro atoms. The zero-order valence-electron chi connectivity index (χ0n) is 12.1. The number of nitriles is 1. The highest BCUT2D eigenvalue weighted by Crippen LogP contribution is 2.34. The van der Waals surface area contributed by atoms with Gasteiger partial charge in [0.25, 0.3) is 0 Å². The largest absolute Gasteiger partial charge is 0.465 e. The minimum absolute atomic E-state index is 0.379. The molecule has 1 aromatic carbocycles. The SMILES string of the molecule is COC(=O)c1ccc(-n2cc(C#N)c(-c3ccc(Cl)s3)c2)cc1. The lowest BCUT2D eigenvalue weighted by Crippen LogP contribution is -2.01. The predicted octanol–water partition coefficient (Wildman–Crippen LogP) is 4.52. The minimum Gasteiger partial charge on any atom is -0.465 e. The van der Waals surface area contributed by atoms with Gasteiger partial charge in [0.2, 0.25) is 0 Å². The Morgan fingerprint density at radius 2 is 1.96 bits per heavy atom. The van der Waals surface area contributed by atoms with E-state index in [2.05, 4.69) is 10.8 Å². The maximum absolute atomic E-state index is 11.5. The van der Waals surface area contributed by atoms with Crippen LogP contribution in [0.4, 0.5) is 0 Å². The summed E-state index contributed by atoms with van der Waals surface area (Å²) >= 11 is 7.40. The second kappa shape index (κ2) is 6.29. The topological polar surface area (TPSA) is 55.0 Å². The molecule has 2 heterocycles. The summed E-state index contributed by atoms with van der Waals surface area (Å²) < 4.78 is 7.21. The second-order valence-corrected chi connectivity index (χ2v) is 6.46. The van der Waals surface area contributed by atoms with Crippen molar-refractivity contribution in [3.05, 3.63) is 64.3 Å². The summed E-state index contributed by atoms with van der Waals surface area (Å²) in [6.07, 6.45) is 3.64. The maximum atomic E-state index is 11.5. The van der Waals surface area contributed by atoms with Crippen molar-refractivity contribution in [2.75, 3.05) is 7.11 Å². The molecule has 0 bridgehead atoms. The Balaban J connectivity index is 2.00. The van der Waals surface area contributed by atoms with Crippen molar-refractivity contribution in [3.8, 4) is 22.2 Å². The molecule has 0 aliphatic rings. The molecular weight excluding hydrogens is 332 g/mol. The van der Waals surface area contributed by atoms with Crippen molar-refractivity contribution < 1.29 is 9.53 Å². The van der Waals surface area contributed by atoms with Crippen molar-refractivity contribution in [1.29, 1.82) is 5.26 Å². The van der Waals surface area contributed by atoms with Crippen molar-refractivity contribution in [2.45, 2.75) is 0 Å². The lowest BCUT2D eigenvalue weighted by molar-refractivity contribution is 0.0601. The van der Waals surface area contributed by atoms with E-state index in [1.54, 1.807) is 30.5 Å². The molecule has 2 aromatic heterocycles. The smallest absolute Gasteiger partial charge is 0.337 e. The number of benzene rings is 1. The molecule has 0 N–H and O–H groups in total. The molecule has 3 aromatic rings. The summed E-state index contributed by atoms with van der Waals surface area (Å²) in [6, 6.07) is 12.9. The van der Waals surface area contributed by atoms with E-state index in [4.69, 9.17) is 11.6 Å². The molecule has 4 nitrogen and oxygen atoms in total. The molecule has 3 rings (SSSR count). The molecule has 0 saturated carbocycles. The zero-order chi connectivity index (χ0) is 16.4. The Morgan fingerprint density at radius 1 is 1.22 bits per heavy atom. The molecule has 0 amide bonds. The van der Waals surface area contributed by atoms with Crippen molar-refractivity contribution >= 4 is 28.9 Å². The molecule has 23 heavy (non-hydrogen) atoms. The number of esters is 1. The molecule has 6 heteroatoms. The number of thiophene rings is 1. The fourth-order valence-electron chi connectivity index (χ4n) is 2.24. The molecule has 114 valence electrons. The Labute approximate surface area is 142 Å². The monoisotopic (exact) mass is 342 g/mol. The van der Waals surface area contributed by atoms with Gasteiger partial charge in [0.15, 0.2) is 0 Å². The summed E-state index contributed by atoms with van der Waals surface area (Å²) in [7, 11) is 1.35. The van der Waals surface area contributed by atoms with Gasteiger partial charge in [-0.05, 0) is 36.4 Å². The molecule has 0 aliphatic carbocycles. The van der Waals surface area contributed by atoms with E-state index in [1.165, 1.54) is 18.4 Å². The summed E-state index contributed by atoms with van der Waals surface area (Å²) in [5.41, 5.74) is 2.74. The summed E-state index contributed by atoms with van der Waals surface area (Å²) in [5, 5.41) is 9.34. The van der Waals surface area contributed by atoms with E-state index in [0.717, 1.165) is 16.1 Å². The van der Waals surface area contributed by atoms with E-state index in [9.17, 15) is 10.1 Å². The first kappa shape index (κ1) is 15.3. The van der Waals surface area contributed by atoms with Crippen LogP contribution < -0.4 is 0 Å². The zero-order valence-corrected chi connectivity index (χ0v) is 13.7. The number of aromatic nitrogens is 1. The van der Waals surface area contributed by atoms with Gasteiger partial charge in [-0.2, -0.15) is 5.26 Å². The first-order valence-electron chi connectivity index (χ1n) is 6.69. The van der Waals surface area contributed by atoms with Crippen molar-refractivity contribution in [2.24, 2.45) is 0 Å². The highest BCUT2D eigenvalue weighted by molar-refractivity contribution is 7.19. The van der Waals surface area contributed by atoms with E-state index in [0.29, 0.717) is 15.5 Å². The Hall–Kier alpha value is -2.55. The lowest BCUT2D eigenvalue weighted by Gasteiger charge is -2.04. The number of carbonyl (C=O) groups excluding carboxylic acids is 1. The van der Waals surface area contributed by atoms with Gasteiger partial charge in [-0.15, -0.1) is 11.3 Å². The van der Waals surface area contributed by atoms with E-state index < -0.39 is 0 Å². The third-order valence-electron chi connectivity index (χ3n) is 3.37.